The van der Waals surface area contributed by atoms with Crippen LogP contribution in [-0.2, 0) is 7.05 Å². The molecule has 0 aliphatic rings. The molecule has 0 atom stereocenters. The summed E-state index contributed by atoms with van der Waals surface area (Å²) < 4.78 is 3.35. The zero-order valence-electron chi connectivity index (χ0n) is 10.5. The van der Waals surface area contributed by atoms with Crippen molar-refractivity contribution >= 4 is 28.3 Å². The Hall–Kier alpha value is -2.47. The van der Waals surface area contributed by atoms with Gasteiger partial charge in [-0.3, -0.25) is 4.68 Å². The molecule has 0 unspecified atom stereocenters. The molecule has 20 heavy (non-hydrogen) atoms. The van der Waals surface area contributed by atoms with Crippen LogP contribution in [0.3, 0.4) is 0 Å². The van der Waals surface area contributed by atoms with Crippen LogP contribution in [0.4, 0.5) is 0 Å². The van der Waals surface area contributed by atoms with Crippen LogP contribution in [0.1, 0.15) is 0 Å². The van der Waals surface area contributed by atoms with E-state index >= 15 is 0 Å². The second-order valence-corrected chi connectivity index (χ2v) is 4.84. The Balaban J connectivity index is 2.04. The van der Waals surface area contributed by atoms with Gasteiger partial charge in [-0.15, -0.1) is 5.10 Å². The highest BCUT2D eigenvalue weighted by Crippen LogP contribution is 2.26. The molecule has 3 aromatic heterocycles. The quantitative estimate of drug-likeness (QED) is 0.538. The zero-order valence-corrected chi connectivity index (χ0v) is 11.3. The van der Waals surface area contributed by atoms with E-state index < -0.39 is 0 Å². The molecule has 0 aliphatic carbocycles. The fourth-order valence-electron chi connectivity index (χ4n) is 2.20. The molecule has 0 amide bonds. The number of hydrogen-bond acceptors (Lipinski definition) is 4. The standard InChI is InChI=1S/C13H9ClN6/c1-19-12-9(6-16-19)13-17-11(18-20(13)7-15-12)8-4-2-3-5-10(8)14/h2-7H,1H3. The van der Waals surface area contributed by atoms with Gasteiger partial charge in [0.1, 0.15) is 6.33 Å². The van der Waals surface area contributed by atoms with Gasteiger partial charge in [0.25, 0.3) is 0 Å². The molecule has 0 radical (unpaired) electrons. The Morgan fingerprint density at radius 3 is 2.85 bits per heavy atom. The van der Waals surface area contributed by atoms with Crippen molar-refractivity contribution in [2.24, 2.45) is 7.05 Å². The summed E-state index contributed by atoms with van der Waals surface area (Å²) in [5.74, 6) is 0.578. The first-order valence-corrected chi connectivity index (χ1v) is 6.40. The van der Waals surface area contributed by atoms with E-state index in [1.54, 1.807) is 21.7 Å². The average molecular weight is 285 g/mol. The SMILES string of the molecule is Cn1ncc2c1ncn1nc(-c3ccccc3Cl)nc21. The maximum Gasteiger partial charge on any atom is 0.183 e. The van der Waals surface area contributed by atoms with Crippen LogP contribution in [0.25, 0.3) is 28.1 Å². The monoisotopic (exact) mass is 284 g/mol. The third kappa shape index (κ3) is 1.51. The van der Waals surface area contributed by atoms with Gasteiger partial charge in [0.15, 0.2) is 17.1 Å². The van der Waals surface area contributed by atoms with Gasteiger partial charge < -0.3 is 0 Å². The zero-order chi connectivity index (χ0) is 13.7. The Bertz CT molecular complexity index is 938. The van der Waals surface area contributed by atoms with Crippen molar-refractivity contribution < 1.29 is 0 Å². The first-order valence-electron chi connectivity index (χ1n) is 6.02. The highest BCUT2D eigenvalue weighted by Gasteiger charge is 2.13. The summed E-state index contributed by atoms with van der Waals surface area (Å²) in [6, 6.07) is 7.50. The normalized spacial score (nSPS) is 11.5. The third-order valence-electron chi connectivity index (χ3n) is 3.18. The number of aryl methyl sites for hydroxylation is 1. The second kappa shape index (κ2) is 4.01. The van der Waals surface area contributed by atoms with E-state index in [0.29, 0.717) is 10.8 Å². The number of nitrogens with zero attached hydrogens (tertiary/aromatic N) is 6. The fourth-order valence-corrected chi connectivity index (χ4v) is 2.42. The predicted molar refractivity (Wildman–Crippen MR) is 75.5 cm³/mol. The average Bonchev–Trinajstić information content (AvgIpc) is 3.03. The van der Waals surface area contributed by atoms with Crippen LogP contribution in [0.15, 0.2) is 36.8 Å². The lowest BCUT2D eigenvalue weighted by atomic mass is 10.2. The van der Waals surface area contributed by atoms with Gasteiger partial charge in [0, 0.05) is 12.6 Å². The van der Waals surface area contributed by atoms with Crippen molar-refractivity contribution in [3.05, 3.63) is 41.8 Å². The van der Waals surface area contributed by atoms with E-state index in [1.165, 1.54) is 0 Å². The van der Waals surface area contributed by atoms with Gasteiger partial charge in [0.2, 0.25) is 0 Å². The molecule has 4 aromatic rings. The minimum atomic E-state index is 0.578. The van der Waals surface area contributed by atoms with Crippen LogP contribution in [0, 0.1) is 0 Å². The molecule has 3 heterocycles. The topological polar surface area (TPSA) is 60.9 Å². The number of benzene rings is 1. The number of aromatic nitrogens is 6. The number of halogens is 1. The number of rotatable bonds is 1. The Kier molecular flexibility index (Phi) is 2.28. The first kappa shape index (κ1) is 11.4. The Labute approximate surface area is 118 Å². The summed E-state index contributed by atoms with van der Waals surface area (Å²) in [6.07, 6.45) is 3.37. The number of hydrogen-bond donors (Lipinski definition) is 0. The van der Waals surface area contributed by atoms with Crippen molar-refractivity contribution in [2.45, 2.75) is 0 Å². The summed E-state index contributed by atoms with van der Waals surface area (Å²) in [4.78, 5) is 8.89. The molecule has 0 fully saturated rings. The summed E-state index contributed by atoms with van der Waals surface area (Å²) >= 11 is 6.19. The second-order valence-electron chi connectivity index (χ2n) is 4.43. The van der Waals surface area contributed by atoms with E-state index in [4.69, 9.17) is 11.6 Å². The maximum absolute atomic E-state index is 6.19. The molecule has 0 bridgehead atoms. The van der Waals surface area contributed by atoms with Crippen molar-refractivity contribution in [3.63, 3.8) is 0 Å². The lowest BCUT2D eigenvalue weighted by molar-refractivity contribution is 0.783. The van der Waals surface area contributed by atoms with E-state index in [-0.39, 0.29) is 0 Å². The third-order valence-corrected chi connectivity index (χ3v) is 3.51. The van der Waals surface area contributed by atoms with Gasteiger partial charge >= 0.3 is 0 Å². The van der Waals surface area contributed by atoms with Crippen LogP contribution in [0.2, 0.25) is 5.02 Å². The van der Waals surface area contributed by atoms with Crippen molar-refractivity contribution in [2.75, 3.05) is 0 Å². The van der Waals surface area contributed by atoms with Crippen molar-refractivity contribution in [1.29, 1.82) is 0 Å². The summed E-state index contributed by atoms with van der Waals surface area (Å²) in [5.41, 5.74) is 2.29. The van der Waals surface area contributed by atoms with E-state index in [9.17, 15) is 0 Å². The highest BCUT2D eigenvalue weighted by molar-refractivity contribution is 6.33. The molecule has 0 spiro atoms. The summed E-state index contributed by atoms with van der Waals surface area (Å²) in [6.45, 7) is 0. The highest BCUT2D eigenvalue weighted by atomic mass is 35.5. The van der Waals surface area contributed by atoms with Crippen LogP contribution < -0.4 is 0 Å². The molecule has 1 aromatic carbocycles. The predicted octanol–water partition coefficient (Wildman–Crippen LogP) is 2.33. The van der Waals surface area contributed by atoms with E-state index in [1.807, 2.05) is 31.3 Å². The van der Waals surface area contributed by atoms with E-state index in [2.05, 4.69) is 20.2 Å². The maximum atomic E-state index is 6.19. The molecule has 4 rings (SSSR count). The Morgan fingerprint density at radius 1 is 1.15 bits per heavy atom. The minimum Gasteiger partial charge on any atom is -0.250 e. The molecule has 98 valence electrons. The van der Waals surface area contributed by atoms with Crippen LogP contribution in [-0.4, -0.2) is 29.4 Å². The first-order chi connectivity index (χ1) is 9.74. The molecule has 0 N–H and O–H groups in total. The lowest BCUT2D eigenvalue weighted by Crippen LogP contribution is -1.94. The minimum absolute atomic E-state index is 0.578. The molecular formula is C13H9ClN6. The van der Waals surface area contributed by atoms with Gasteiger partial charge in [0.05, 0.1) is 16.6 Å². The lowest BCUT2D eigenvalue weighted by Gasteiger charge is -1.96. The van der Waals surface area contributed by atoms with E-state index in [0.717, 1.165) is 22.2 Å². The summed E-state index contributed by atoms with van der Waals surface area (Å²) in [5, 5.41) is 10.1. The molecule has 0 saturated carbocycles. The van der Waals surface area contributed by atoms with Gasteiger partial charge in [-0.25, -0.2) is 14.5 Å². The van der Waals surface area contributed by atoms with Gasteiger partial charge in [-0.05, 0) is 12.1 Å². The summed E-state index contributed by atoms with van der Waals surface area (Å²) in [7, 11) is 1.84. The molecule has 6 nitrogen and oxygen atoms in total. The molecule has 0 aliphatic heterocycles. The number of fused-ring (bicyclic) bond motifs is 3. The smallest absolute Gasteiger partial charge is 0.183 e. The Morgan fingerprint density at radius 2 is 2.00 bits per heavy atom. The van der Waals surface area contributed by atoms with Gasteiger partial charge in [-0.1, -0.05) is 23.7 Å². The largest absolute Gasteiger partial charge is 0.250 e. The molecular weight excluding hydrogens is 276 g/mol. The van der Waals surface area contributed by atoms with Crippen LogP contribution in [0.5, 0.6) is 0 Å². The fraction of sp³-hybridized carbons (Fsp3) is 0.0769. The van der Waals surface area contributed by atoms with Gasteiger partial charge in [-0.2, -0.15) is 5.10 Å². The molecule has 7 heteroatoms. The van der Waals surface area contributed by atoms with Crippen molar-refractivity contribution in [1.82, 2.24) is 29.4 Å². The van der Waals surface area contributed by atoms with Crippen LogP contribution >= 0.6 is 11.6 Å². The van der Waals surface area contributed by atoms with Crippen molar-refractivity contribution in [3.8, 4) is 11.4 Å². The molecule has 0 saturated heterocycles.